The van der Waals surface area contributed by atoms with E-state index in [1.54, 1.807) is 19.1 Å². The lowest BCUT2D eigenvalue weighted by atomic mass is 10.00. The van der Waals surface area contributed by atoms with E-state index in [9.17, 15) is 14.9 Å². The van der Waals surface area contributed by atoms with Crippen LogP contribution in [0.25, 0.3) is 10.2 Å². The quantitative estimate of drug-likeness (QED) is 0.567. The number of nitro groups is 1. The summed E-state index contributed by atoms with van der Waals surface area (Å²) in [5.74, 6) is -0.658. The predicted octanol–water partition coefficient (Wildman–Crippen LogP) is 3.62. The minimum Gasteiger partial charge on any atom is -0.349 e. The van der Waals surface area contributed by atoms with Gasteiger partial charge in [-0.3, -0.25) is 14.9 Å². The summed E-state index contributed by atoms with van der Waals surface area (Å²) in [4.78, 5) is 27.2. The minimum absolute atomic E-state index is 0.0154. The summed E-state index contributed by atoms with van der Waals surface area (Å²) >= 11 is 1.54. The smallest absolute Gasteiger partial charge is 0.269 e. The molecule has 3 aromatic rings. The van der Waals surface area contributed by atoms with Crippen molar-refractivity contribution in [3.8, 4) is 0 Å². The molecule has 7 heteroatoms. The van der Waals surface area contributed by atoms with Crippen LogP contribution in [0.4, 0.5) is 5.69 Å². The first-order valence-electron chi connectivity index (χ1n) is 7.41. The van der Waals surface area contributed by atoms with Gasteiger partial charge in [-0.15, -0.1) is 11.3 Å². The van der Waals surface area contributed by atoms with E-state index in [1.165, 1.54) is 23.5 Å². The van der Waals surface area contributed by atoms with Crippen molar-refractivity contribution in [1.82, 2.24) is 10.3 Å². The Morgan fingerprint density at radius 3 is 2.83 bits per heavy atom. The Morgan fingerprint density at radius 1 is 1.29 bits per heavy atom. The molecule has 1 N–H and O–H groups in total. The molecule has 3 rings (SSSR count). The van der Waals surface area contributed by atoms with Crippen LogP contribution in [-0.2, 0) is 11.3 Å². The van der Waals surface area contributed by atoms with Crippen molar-refractivity contribution in [3.63, 3.8) is 0 Å². The van der Waals surface area contributed by atoms with Gasteiger partial charge in [-0.2, -0.15) is 0 Å². The van der Waals surface area contributed by atoms with Gasteiger partial charge in [0.1, 0.15) is 5.01 Å². The molecule has 0 bridgehead atoms. The normalized spacial score (nSPS) is 12.0. The van der Waals surface area contributed by atoms with Crippen LogP contribution in [0.3, 0.4) is 0 Å². The zero-order valence-corrected chi connectivity index (χ0v) is 13.7. The number of rotatable bonds is 5. The SMILES string of the molecule is CC(C(=O)NCc1nc2ccccc2s1)c1cccc([N+](=O)[O-])c1. The van der Waals surface area contributed by atoms with Crippen LogP contribution in [0.15, 0.2) is 48.5 Å². The van der Waals surface area contributed by atoms with Crippen molar-refractivity contribution in [1.29, 1.82) is 0 Å². The van der Waals surface area contributed by atoms with E-state index >= 15 is 0 Å². The van der Waals surface area contributed by atoms with Gasteiger partial charge in [0.25, 0.3) is 5.69 Å². The molecule has 0 aliphatic carbocycles. The van der Waals surface area contributed by atoms with Crippen LogP contribution >= 0.6 is 11.3 Å². The summed E-state index contributed by atoms with van der Waals surface area (Å²) in [7, 11) is 0. The van der Waals surface area contributed by atoms with Crippen molar-refractivity contribution in [2.45, 2.75) is 19.4 Å². The molecule has 0 aliphatic rings. The van der Waals surface area contributed by atoms with Gasteiger partial charge in [0, 0.05) is 12.1 Å². The van der Waals surface area contributed by atoms with E-state index in [-0.39, 0.29) is 11.6 Å². The van der Waals surface area contributed by atoms with Gasteiger partial charge < -0.3 is 5.32 Å². The van der Waals surface area contributed by atoms with E-state index in [1.807, 2.05) is 24.3 Å². The standard InChI is InChI=1S/C17H15N3O3S/c1-11(12-5-4-6-13(9-12)20(22)23)17(21)18-10-16-19-14-7-2-3-8-15(14)24-16/h2-9,11H,10H2,1H3,(H,18,21). The van der Waals surface area contributed by atoms with Crippen LogP contribution < -0.4 is 5.32 Å². The summed E-state index contributed by atoms with van der Waals surface area (Å²) in [6.07, 6.45) is 0. The van der Waals surface area contributed by atoms with E-state index in [2.05, 4.69) is 10.3 Å². The Hall–Kier alpha value is -2.80. The second kappa shape index (κ2) is 6.76. The highest BCUT2D eigenvalue weighted by Crippen LogP contribution is 2.23. The molecule has 6 nitrogen and oxygen atoms in total. The van der Waals surface area contributed by atoms with Crippen molar-refractivity contribution >= 4 is 33.1 Å². The van der Waals surface area contributed by atoms with Crippen LogP contribution in [0.2, 0.25) is 0 Å². The number of hydrogen-bond donors (Lipinski definition) is 1. The zero-order valence-electron chi connectivity index (χ0n) is 12.9. The number of fused-ring (bicyclic) bond motifs is 1. The van der Waals surface area contributed by atoms with Crippen LogP contribution in [0.5, 0.6) is 0 Å². The van der Waals surface area contributed by atoms with Crippen molar-refractivity contribution < 1.29 is 9.72 Å². The molecule has 0 aliphatic heterocycles. The highest BCUT2D eigenvalue weighted by molar-refractivity contribution is 7.18. The topological polar surface area (TPSA) is 85.1 Å². The van der Waals surface area contributed by atoms with Crippen molar-refractivity contribution in [2.75, 3.05) is 0 Å². The minimum atomic E-state index is -0.473. The molecule has 1 aromatic heterocycles. The maximum absolute atomic E-state index is 12.3. The van der Waals surface area contributed by atoms with Gasteiger partial charge in [-0.1, -0.05) is 24.3 Å². The number of nitrogens with one attached hydrogen (secondary N) is 1. The molecule has 1 unspecified atom stereocenters. The van der Waals surface area contributed by atoms with Gasteiger partial charge in [0.2, 0.25) is 5.91 Å². The monoisotopic (exact) mass is 341 g/mol. The third kappa shape index (κ3) is 3.41. The largest absolute Gasteiger partial charge is 0.349 e. The zero-order chi connectivity index (χ0) is 17.1. The number of aromatic nitrogens is 1. The number of nitro benzene ring substituents is 1. The summed E-state index contributed by atoms with van der Waals surface area (Å²) in [5.41, 5.74) is 1.52. The van der Waals surface area contributed by atoms with Gasteiger partial charge in [0.05, 0.1) is 27.6 Å². The van der Waals surface area contributed by atoms with Crippen LogP contribution in [0, 0.1) is 10.1 Å². The van der Waals surface area contributed by atoms with Gasteiger partial charge in [-0.25, -0.2) is 4.98 Å². The molecule has 2 aromatic carbocycles. The summed E-state index contributed by atoms with van der Waals surface area (Å²) in [6.45, 7) is 2.07. The highest BCUT2D eigenvalue weighted by atomic mass is 32.1. The molecule has 0 radical (unpaired) electrons. The Kier molecular flexibility index (Phi) is 4.52. The fraction of sp³-hybridized carbons (Fsp3) is 0.176. The fourth-order valence-electron chi connectivity index (χ4n) is 2.37. The average molecular weight is 341 g/mol. The van der Waals surface area contributed by atoms with Crippen LogP contribution in [-0.4, -0.2) is 15.8 Å². The maximum Gasteiger partial charge on any atom is 0.269 e. The molecule has 0 saturated carbocycles. The number of nitrogens with zero attached hydrogens (tertiary/aromatic N) is 2. The first-order chi connectivity index (χ1) is 11.5. The van der Waals surface area contributed by atoms with Crippen LogP contribution in [0.1, 0.15) is 23.4 Å². The fourth-order valence-corrected chi connectivity index (χ4v) is 3.28. The summed E-state index contributed by atoms with van der Waals surface area (Å²) in [6, 6.07) is 14.0. The Morgan fingerprint density at radius 2 is 2.08 bits per heavy atom. The summed E-state index contributed by atoms with van der Waals surface area (Å²) < 4.78 is 1.08. The highest BCUT2D eigenvalue weighted by Gasteiger charge is 2.18. The van der Waals surface area contributed by atoms with E-state index in [0.717, 1.165) is 15.2 Å². The number of carbonyl (C=O) groups excluding carboxylic acids is 1. The lowest BCUT2D eigenvalue weighted by Gasteiger charge is -2.11. The molecule has 122 valence electrons. The second-order valence-electron chi connectivity index (χ2n) is 5.37. The molecule has 0 fully saturated rings. The van der Waals surface area contributed by atoms with E-state index in [4.69, 9.17) is 0 Å². The molecular formula is C17H15N3O3S. The molecule has 1 amide bonds. The van der Waals surface area contributed by atoms with Crippen molar-refractivity contribution in [2.24, 2.45) is 0 Å². The van der Waals surface area contributed by atoms with Crippen molar-refractivity contribution in [3.05, 3.63) is 69.2 Å². The molecule has 1 heterocycles. The predicted molar refractivity (Wildman–Crippen MR) is 93.0 cm³/mol. The molecule has 1 atom stereocenters. The van der Waals surface area contributed by atoms with E-state index in [0.29, 0.717) is 12.1 Å². The van der Waals surface area contributed by atoms with Gasteiger partial charge in [-0.05, 0) is 24.6 Å². The number of carbonyl (C=O) groups is 1. The Labute approximate surface area is 142 Å². The van der Waals surface area contributed by atoms with E-state index < -0.39 is 10.8 Å². The summed E-state index contributed by atoms with van der Waals surface area (Å²) in [5, 5.41) is 14.5. The lowest BCUT2D eigenvalue weighted by Crippen LogP contribution is -2.27. The Bertz CT molecular complexity index is 874. The number of hydrogen-bond acceptors (Lipinski definition) is 5. The Balaban J connectivity index is 1.67. The number of non-ortho nitro benzene ring substituents is 1. The molecular weight excluding hydrogens is 326 g/mol. The molecule has 24 heavy (non-hydrogen) atoms. The number of thiazole rings is 1. The van der Waals surface area contributed by atoms with Gasteiger partial charge >= 0.3 is 0 Å². The molecule has 0 saturated heterocycles. The van der Waals surface area contributed by atoms with Gasteiger partial charge in [0.15, 0.2) is 0 Å². The molecule has 0 spiro atoms. The third-order valence-electron chi connectivity index (χ3n) is 3.73. The maximum atomic E-state index is 12.3. The first-order valence-corrected chi connectivity index (χ1v) is 8.23. The lowest BCUT2D eigenvalue weighted by molar-refractivity contribution is -0.384. The first kappa shape index (κ1) is 16.1. The number of amides is 1. The second-order valence-corrected chi connectivity index (χ2v) is 6.48. The number of benzene rings is 2. The average Bonchev–Trinajstić information content (AvgIpc) is 3.02. The number of para-hydroxylation sites is 1. The third-order valence-corrected chi connectivity index (χ3v) is 4.76.